The van der Waals surface area contributed by atoms with Gasteiger partial charge in [-0.3, -0.25) is 19.2 Å². The smallest absolute Gasteiger partial charge is 0.243 e. The number of hydrogen-bond donors (Lipinski definition) is 5. The van der Waals surface area contributed by atoms with Crippen LogP contribution in [0.4, 0.5) is 0 Å². The molecule has 0 aliphatic rings. The first-order chi connectivity index (χ1) is 12.9. The Balaban J connectivity index is 1.98. The van der Waals surface area contributed by atoms with E-state index in [9.17, 15) is 19.2 Å². The molecule has 0 spiro atoms. The van der Waals surface area contributed by atoms with Gasteiger partial charge in [-0.05, 0) is 11.6 Å². The third-order valence-corrected chi connectivity index (χ3v) is 3.94. The van der Waals surface area contributed by atoms with E-state index in [1.54, 1.807) is 6.20 Å². The Hall–Kier alpha value is -3.36. The van der Waals surface area contributed by atoms with Crippen LogP contribution in [0, 0.1) is 0 Å². The molecule has 5 N–H and O–H groups in total. The molecule has 9 heteroatoms. The maximum atomic E-state index is 12.4. The van der Waals surface area contributed by atoms with Crippen molar-refractivity contribution in [2.75, 3.05) is 20.1 Å². The van der Waals surface area contributed by atoms with Gasteiger partial charge in [-0.1, -0.05) is 18.2 Å². The third kappa shape index (κ3) is 5.84. The molecule has 0 aliphatic heterocycles. The van der Waals surface area contributed by atoms with Crippen LogP contribution in [0.5, 0.6) is 0 Å². The highest BCUT2D eigenvalue weighted by Crippen LogP contribution is 2.19. The highest BCUT2D eigenvalue weighted by Gasteiger charge is 2.22. The van der Waals surface area contributed by atoms with Gasteiger partial charge in [0.1, 0.15) is 6.04 Å². The summed E-state index contributed by atoms with van der Waals surface area (Å²) in [5, 5.41) is 10.8. The molecule has 0 unspecified atom stereocenters. The average Bonchev–Trinajstić information content (AvgIpc) is 3.06. The standard InChI is InChI=1S/C18H23N5O4/c1-11(24)23-15(7-12-8-20-14-6-4-3-5-13(12)14)18(27)22-10-17(26)21-9-16(25)19-2/h3-6,8,15,20H,7,9-10H2,1-2H3,(H,19,25)(H,21,26)(H,22,27)(H,23,24)/t15-/m0/s1. The largest absolute Gasteiger partial charge is 0.361 e. The molecule has 4 amide bonds. The van der Waals surface area contributed by atoms with Gasteiger partial charge in [0.05, 0.1) is 13.1 Å². The van der Waals surface area contributed by atoms with E-state index < -0.39 is 17.9 Å². The molecule has 1 aromatic heterocycles. The maximum Gasteiger partial charge on any atom is 0.243 e. The lowest BCUT2D eigenvalue weighted by atomic mass is 10.0. The molecular formula is C18H23N5O4. The minimum Gasteiger partial charge on any atom is -0.361 e. The number of hydrogen-bond acceptors (Lipinski definition) is 4. The van der Waals surface area contributed by atoms with Gasteiger partial charge in [-0.25, -0.2) is 0 Å². The summed E-state index contributed by atoms with van der Waals surface area (Å²) in [6.07, 6.45) is 2.07. The third-order valence-electron chi connectivity index (χ3n) is 3.94. The lowest BCUT2D eigenvalue weighted by Gasteiger charge is -2.17. The fourth-order valence-corrected chi connectivity index (χ4v) is 2.60. The van der Waals surface area contributed by atoms with Crippen LogP contribution in [0.25, 0.3) is 10.9 Å². The predicted molar refractivity (Wildman–Crippen MR) is 99.7 cm³/mol. The van der Waals surface area contributed by atoms with Crippen LogP contribution in [0.3, 0.4) is 0 Å². The molecule has 0 radical (unpaired) electrons. The monoisotopic (exact) mass is 373 g/mol. The zero-order valence-corrected chi connectivity index (χ0v) is 15.2. The van der Waals surface area contributed by atoms with E-state index in [0.717, 1.165) is 16.5 Å². The first kappa shape index (κ1) is 20.0. The second-order valence-corrected chi connectivity index (χ2v) is 5.98. The number of carbonyl (C=O) groups excluding carboxylic acids is 4. The minimum absolute atomic E-state index is 0.171. The summed E-state index contributed by atoms with van der Waals surface area (Å²) in [6, 6.07) is 6.81. The highest BCUT2D eigenvalue weighted by atomic mass is 16.2. The van der Waals surface area contributed by atoms with Crippen molar-refractivity contribution >= 4 is 34.5 Å². The molecule has 0 fully saturated rings. The van der Waals surface area contributed by atoms with Crippen LogP contribution >= 0.6 is 0 Å². The number of H-pyrrole nitrogens is 1. The second kappa shape index (κ2) is 9.37. The van der Waals surface area contributed by atoms with Gasteiger partial charge < -0.3 is 26.3 Å². The Labute approximate surface area is 156 Å². The van der Waals surface area contributed by atoms with Crippen molar-refractivity contribution in [1.29, 1.82) is 0 Å². The molecule has 9 nitrogen and oxygen atoms in total. The number of aromatic amines is 1. The number of rotatable bonds is 8. The second-order valence-electron chi connectivity index (χ2n) is 5.98. The van der Waals surface area contributed by atoms with Crippen molar-refractivity contribution in [3.8, 4) is 0 Å². The van der Waals surface area contributed by atoms with Crippen LogP contribution in [0.15, 0.2) is 30.5 Å². The molecule has 1 heterocycles. The van der Waals surface area contributed by atoms with E-state index in [-0.39, 0.29) is 31.3 Å². The number of fused-ring (bicyclic) bond motifs is 1. The van der Waals surface area contributed by atoms with Crippen LogP contribution in [0.2, 0.25) is 0 Å². The molecule has 2 rings (SSSR count). The highest BCUT2D eigenvalue weighted by molar-refractivity contribution is 5.92. The van der Waals surface area contributed by atoms with E-state index in [1.807, 2.05) is 24.3 Å². The number of para-hydroxylation sites is 1. The molecule has 1 atom stereocenters. The first-order valence-corrected chi connectivity index (χ1v) is 8.47. The SMILES string of the molecule is CNC(=O)CNC(=O)CNC(=O)[C@H](Cc1c[nH]c2ccccc12)NC(C)=O. The summed E-state index contributed by atoms with van der Waals surface area (Å²) >= 11 is 0. The number of carbonyl (C=O) groups is 4. The Bertz CT molecular complexity index is 845. The molecule has 2 aromatic rings. The maximum absolute atomic E-state index is 12.4. The summed E-state index contributed by atoms with van der Waals surface area (Å²) in [5.74, 6) is -1.67. The zero-order chi connectivity index (χ0) is 19.8. The predicted octanol–water partition coefficient (Wildman–Crippen LogP) is -0.806. The van der Waals surface area contributed by atoms with Crippen LogP contribution in [0.1, 0.15) is 12.5 Å². The van der Waals surface area contributed by atoms with Crippen LogP contribution in [-0.4, -0.2) is 54.8 Å². The summed E-state index contributed by atoms with van der Waals surface area (Å²) in [4.78, 5) is 49.9. The molecule has 0 saturated carbocycles. The van der Waals surface area contributed by atoms with Crippen molar-refractivity contribution in [1.82, 2.24) is 26.3 Å². The van der Waals surface area contributed by atoms with Crippen molar-refractivity contribution in [2.45, 2.75) is 19.4 Å². The molecule has 27 heavy (non-hydrogen) atoms. The minimum atomic E-state index is -0.826. The van der Waals surface area contributed by atoms with Crippen molar-refractivity contribution in [3.05, 3.63) is 36.0 Å². The average molecular weight is 373 g/mol. The van der Waals surface area contributed by atoms with Gasteiger partial charge in [0.25, 0.3) is 0 Å². The van der Waals surface area contributed by atoms with Gasteiger partial charge in [-0.2, -0.15) is 0 Å². The van der Waals surface area contributed by atoms with Crippen molar-refractivity contribution in [3.63, 3.8) is 0 Å². The number of benzene rings is 1. The van der Waals surface area contributed by atoms with Gasteiger partial charge in [-0.15, -0.1) is 0 Å². The number of aromatic nitrogens is 1. The normalized spacial score (nSPS) is 11.5. The van der Waals surface area contributed by atoms with Gasteiger partial charge in [0, 0.05) is 37.5 Å². The molecule has 144 valence electrons. The van der Waals surface area contributed by atoms with Crippen LogP contribution < -0.4 is 21.3 Å². The lowest BCUT2D eigenvalue weighted by Crippen LogP contribution is -2.50. The van der Waals surface area contributed by atoms with Gasteiger partial charge in [0.2, 0.25) is 23.6 Å². The Kier molecular flexibility index (Phi) is 6.93. The van der Waals surface area contributed by atoms with E-state index in [0.29, 0.717) is 0 Å². The zero-order valence-electron chi connectivity index (χ0n) is 15.2. The van der Waals surface area contributed by atoms with E-state index >= 15 is 0 Å². The van der Waals surface area contributed by atoms with Crippen molar-refractivity contribution < 1.29 is 19.2 Å². The summed E-state index contributed by atoms with van der Waals surface area (Å²) < 4.78 is 0. The summed E-state index contributed by atoms with van der Waals surface area (Å²) in [5.41, 5.74) is 1.81. The molecule has 0 aliphatic carbocycles. The van der Waals surface area contributed by atoms with Gasteiger partial charge >= 0.3 is 0 Å². The Morgan fingerprint density at radius 3 is 2.44 bits per heavy atom. The summed E-state index contributed by atoms with van der Waals surface area (Å²) in [6.45, 7) is 0.862. The number of amides is 4. The van der Waals surface area contributed by atoms with Gasteiger partial charge in [0.15, 0.2) is 0 Å². The number of likely N-dealkylation sites (N-methyl/N-ethyl adjacent to an activating group) is 1. The van der Waals surface area contributed by atoms with E-state index in [1.165, 1.54) is 14.0 Å². The van der Waals surface area contributed by atoms with E-state index in [4.69, 9.17) is 0 Å². The topological polar surface area (TPSA) is 132 Å². The van der Waals surface area contributed by atoms with Crippen LogP contribution in [-0.2, 0) is 25.6 Å². The lowest BCUT2D eigenvalue weighted by molar-refractivity contribution is -0.130. The Morgan fingerprint density at radius 2 is 1.74 bits per heavy atom. The number of nitrogens with one attached hydrogen (secondary N) is 5. The quantitative estimate of drug-likeness (QED) is 0.414. The molecular weight excluding hydrogens is 350 g/mol. The van der Waals surface area contributed by atoms with E-state index in [2.05, 4.69) is 26.3 Å². The Morgan fingerprint density at radius 1 is 1.04 bits per heavy atom. The fraction of sp³-hybridized carbons (Fsp3) is 0.333. The molecule has 0 saturated heterocycles. The fourth-order valence-electron chi connectivity index (χ4n) is 2.60. The molecule has 0 bridgehead atoms. The first-order valence-electron chi connectivity index (χ1n) is 8.47. The summed E-state index contributed by atoms with van der Waals surface area (Å²) in [7, 11) is 1.46. The molecule has 1 aromatic carbocycles. The van der Waals surface area contributed by atoms with Crippen molar-refractivity contribution in [2.24, 2.45) is 0 Å².